The Balaban J connectivity index is 1.41. The minimum Gasteiger partial charge on any atom is -0.359 e. The van der Waals surface area contributed by atoms with Crippen molar-refractivity contribution in [2.75, 3.05) is 0 Å². The summed E-state index contributed by atoms with van der Waals surface area (Å²) in [4.78, 5) is 23.2. The minimum atomic E-state index is -4.10. The van der Waals surface area contributed by atoms with Crippen molar-refractivity contribution in [3.05, 3.63) is 87.3 Å². The summed E-state index contributed by atoms with van der Waals surface area (Å²) in [5.74, 6) is -1.64. The van der Waals surface area contributed by atoms with E-state index >= 15 is 0 Å². The quantitative estimate of drug-likeness (QED) is 0.149. The molecule has 0 saturated heterocycles. The Labute approximate surface area is 226 Å². The number of benzene rings is 2. The number of non-ortho nitro benzene ring substituents is 1. The predicted octanol–water partition coefficient (Wildman–Crippen LogP) is 1.28. The Bertz CT molecular complexity index is 1620. The van der Waals surface area contributed by atoms with Gasteiger partial charge in [0.15, 0.2) is 0 Å². The van der Waals surface area contributed by atoms with Crippen LogP contribution in [0.2, 0.25) is 0 Å². The summed E-state index contributed by atoms with van der Waals surface area (Å²) in [5, 5.41) is 37.3. The number of rotatable bonds is 11. The largest absolute Gasteiger partial charge is 0.359 e. The topological polar surface area (TPSA) is 202 Å². The Morgan fingerprint density at radius 2 is 1.85 bits per heavy atom. The number of aromatic nitrogens is 5. The van der Waals surface area contributed by atoms with E-state index in [0.29, 0.717) is 11.3 Å². The fourth-order valence-electron chi connectivity index (χ4n) is 3.64. The average Bonchev–Trinajstić information content (AvgIpc) is 3.52. The summed E-state index contributed by atoms with van der Waals surface area (Å²) in [6.07, 6.45) is 1.46. The van der Waals surface area contributed by atoms with Gasteiger partial charge in [-0.1, -0.05) is 19.1 Å². The van der Waals surface area contributed by atoms with Crippen molar-refractivity contribution in [3.63, 3.8) is 0 Å². The molecule has 0 unspecified atom stereocenters. The minimum absolute atomic E-state index is 0.0596. The van der Waals surface area contributed by atoms with Crippen molar-refractivity contribution >= 4 is 21.6 Å². The highest BCUT2D eigenvalue weighted by Crippen LogP contribution is 2.23. The molecule has 2 heterocycles. The van der Waals surface area contributed by atoms with Crippen LogP contribution >= 0.6 is 0 Å². The van der Waals surface area contributed by atoms with E-state index in [1.807, 2.05) is 0 Å². The van der Waals surface area contributed by atoms with Gasteiger partial charge in [0.25, 0.3) is 11.4 Å². The predicted molar refractivity (Wildman–Crippen MR) is 134 cm³/mol. The van der Waals surface area contributed by atoms with Crippen LogP contribution in [0.5, 0.6) is 0 Å². The standard InChI is InChI=1S/C23H23FN8O7S/c1-14(2)21(28-40(37,38)19-9-5-16(24)6-10-19)23(33)25-11-17-12-30(29-26-17)13-20-22(27-39-32(20)36)15-3-7-18(8-4-15)31(34)35/h3-10,12,14,21,28H,11,13H2,1-2H3,(H,25,33)/t21-/m0/s1. The molecule has 2 N–H and O–H groups in total. The summed E-state index contributed by atoms with van der Waals surface area (Å²) in [5.41, 5.74) is 0.806. The fourth-order valence-corrected chi connectivity index (χ4v) is 4.98. The Morgan fingerprint density at radius 1 is 1.18 bits per heavy atom. The van der Waals surface area contributed by atoms with Crippen molar-refractivity contribution < 1.29 is 32.1 Å². The number of carbonyl (C=O) groups is 1. The van der Waals surface area contributed by atoms with Gasteiger partial charge in [0.05, 0.1) is 22.6 Å². The van der Waals surface area contributed by atoms with Crippen LogP contribution in [0.25, 0.3) is 11.3 Å². The van der Waals surface area contributed by atoms with Crippen molar-refractivity contribution in [3.8, 4) is 11.3 Å². The number of nitrogens with zero attached hydrogens (tertiary/aromatic N) is 6. The lowest BCUT2D eigenvalue weighted by Gasteiger charge is -2.21. The van der Waals surface area contributed by atoms with Crippen LogP contribution in [0.4, 0.5) is 10.1 Å². The first-order chi connectivity index (χ1) is 18.9. The van der Waals surface area contributed by atoms with Crippen LogP contribution in [0.15, 0.2) is 64.3 Å². The molecular formula is C23H23FN8O7S. The van der Waals surface area contributed by atoms with E-state index in [1.165, 1.54) is 35.1 Å². The first-order valence-electron chi connectivity index (χ1n) is 11.7. The molecule has 0 fully saturated rings. The molecule has 40 heavy (non-hydrogen) atoms. The van der Waals surface area contributed by atoms with Gasteiger partial charge in [0, 0.05) is 22.9 Å². The molecule has 1 atom stereocenters. The monoisotopic (exact) mass is 574 g/mol. The average molecular weight is 575 g/mol. The molecule has 2 aromatic heterocycles. The highest BCUT2D eigenvalue weighted by molar-refractivity contribution is 7.89. The third-order valence-electron chi connectivity index (χ3n) is 5.75. The SMILES string of the molecule is CC(C)[C@H](NS(=O)(=O)c1ccc(F)cc1)C(=O)NCc1cn(Cc2c(-c3ccc([N+](=O)[O-])cc3)no[n+]2[O-])nn1. The van der Waals surface area contributed by atoms with Crippen molar-refractivity contribution in [2.45, 2.75) is 37.9 Å². The maximum atomic E-state index is 13.2. The summed E-state index contributed by atoms with van der Waals surface area (Å²) in [6, 6.07) is 8.46. The molecule has 0 saturated carbocycles. The maximum absolute atomic E-state index is 13.2. The zero-order valence-electron chi connectivity index (χ0n) is 21.1. The number of halogens is 1. The molecule has 1 amide bonds. The number of amides is 1. The van der Waals surface area contributed by atoms with Gasteiger partial charge in [-0.15, -0.1) is 5.10 Å². The first kappa shape index (κ1) is 28.2. The molecule has 4 aromatic rings. The van der Waals surface area contributed by atoms with Crippen LogP contribution in [0, 0.1) is 27.1 Å². The number of hydrogen-bond acceptors (Lipinski definition) is 10. The van der Waals surface area contributed by atoms with Crippen molar-refractivity contribution in [1.82, 2.24) is 30.2 Å². The van der Waals surface area contributed by atoms with E-state index in [1.54, 1.807) is 13.8 Å². The van der Waals surface area contributed by atoms with Crippen LogP contribution in [0.3, 0.4) is 0 Å². The maximum Gasteiger partial charge on any atom is 0.269 e. The van der Waals surface area contributed by atoms with E-state index < -0.39 is 38.6 Å². The number of nitrogens with one attached hydrogen (secondary N) is 2. The molecule has 4 rings (SSSR count). The third-order valence-corrected chi connectivity index (χ3v) is 7.21. The number of carbonyl (C=O) groups excluding carboxylic acids is 1. The van der Waals surface area contributed by atoms with E-state index in [0.717, 1.165) is 24.3 Å². The van der Waals surface area contributed by atoms with Gasteiger partial charge < -0.3 is 10.5 Å². The van der Waals surface area contributed by atoms with E-state index in [9.17, 15) is 32.9 Å². The molecule has 15 nitrogen and oxygen atoms in total. The zero-order chi connectivity index (χ0) is 29.0. The van der Waals surface area contributed by atoms with Crippen molar-refractivity contribution in [2.24, 2.45) is 5.92 Å². The lowest BCUT2D eigenvalue weighted by atomic mass is 10.1. The summed E-state index contributed by atoms with van der Waals surface area (Å²) < 4.78 is 46.9. The van der Waals surface area contributed by atoms with Crippen LogP contribution in [-0.2, 0) is 27.9 Å². The van der Waals surface area contributed by atoms with Gasteiger partial charge in [-0.05, 0) is 47.2 Å². The van der Waals surface area contributed by atoms with Crippen LogP contribution < -0.4 is 14.9 Å². The summed E-state index contributed by atoms with van der Waals surface area (Å²) in [6.45, 7) is 3.10. The molecule has 0 aliphatic rings. The highest BCUT2D eigenvalue weighted by atomic mass is 32.2. The molecule has 17 heteroatoms. The molecular weight excluding hydrogens is 551 g/mol. The van der Waals surface area contributed by atoms with Crippen LogP contribution in [0.1, 0.15) is 25.2 Å². The number of sulfonamides is 1. The third kappa shape index (κ3) is 6.44. The van der Waals surface area contributed by atoms with Gasteiger partial charge in [-0.2, -0.15) is 4.72 Å². The number of nitro groups is 1. The van der Waals surface area contributed by atoms with E-state index in [-0.39, 0.29) is 40.0 Å². The molecule has 0 aliphatic carbocycles. The van der Waals surface area contributed by atoms with E-state index in [2.05, 4.69) is 25.5 Å². The van der Waals surface area contributed by atoms with Gasteiger partial charge in [-0.25, -0.2) is 17.5 Å². The second kappa shape index (κ2) is 11.5. The number of nitro benzene ring substituents is 1. The Hall–Kier alpha value is -4.77. The second-order valence-electron chi connectivity index (χ2n) is 8.95. The molecule has 0 radical (unpaired) electrons. The van der Waals surface area contributed by atoms with E-state index in [4.69, 9.17) is 4.63 Å². The van der Waals surface area contributed by atoms with Gasteiger partial charge >= 0.3 is 0 Å². The number of hydrogen-bond donors (Lipinski definition) is 2. The molecule has 210 valence electrons. The summed E-state index contributed by atoms with van der Waals surface area (Å²) >= 11 is 0. The smallest absolute Gasteiger partial charge is 0.269 e. The molecule has 0 spiro atoms. The molecule has 0 aliphatic heterocycles. The fraction of sp³-hybridized carbons (Fsp3) is 0.261. The van der Waals surface area contributed by atoms with Crippen LogP contribution in [-0.4, -0.2) is 45.4 Å². The molecule has 2 aromatic carbocycles. The Kier molecular flexibility index (Phi) is 8.15. The van der Waals surface area contributed by atoms with Gasteiger partial charge in [0.2, 0.25) is 21.6 Å². The lowest BCUT2D eigenvalue weighted by Crippen LogP contribution is -2.49. The van der Waals surface area contributed by atoms with Crippen molar-refractivity contribution in [1.29, 1.82) is 0 Å². The lowest BCUT2D eigenvalue weighted by molar-refractivity contribution is -0.808. The summed E-state index contributed by atoms with van der Waals surface area (Å²) in [7, 11) is -4.10. The zero-order valence-corrected chi connectivity index (χ0v) is 21.9. The van der Waals surface area contributed by atoms with Gasteiger partial charge in [-0.3, -0.25) is 19.5 Å². The normalized spacial score (nSPS) is 12.4. The Morgan fingerprint density at radius 3 is 2.48 bits per heavy atom. The van der Waals surface area contributed by atoms with Gasteiger partial charge in [0.1, 0.15) is 24.1 Å². The first-order valence-corrected chi connectivity index (χ1v) is 13.2. The highest BCUT2D eigenvalue weighted by Gasteiger charge is 2.29. The molecule has 0 bridgehead atoms. The second-order valence-corrected chi connectivity index (χ2v) is 10.7.